The minimum atomic E-state index is -0.225. The summed E-state index contributed by atoms with van der Waals surface area (Å²) >= 11 is 0. The minimum absolute atomic E-state index is 0.130. The fourth-order valence-electron chi connectivity index (χ4n) is 2.53. The summed E-state index contributed by atoms with van der Waals surface area (Å²) in [5.74, 6) is -0.225. The van der Waals surface area contributed by atoms with E-state index < -0.39 is 0 Å². The Morgan fingerprint density at radius 3 is 2.95 bits per heavy atom. The molecule has 0 aliphatic carbocycles. The van der Waals surface area contributed by atoms with Gasteiger partial charge in [-0.15, -0.1) is 0 Å². The van der Waals surface area contributed by atoms with Gasteiger partial charge in [0.1, 0.15) is 5.82 Å². The number of halogens is 1. The van der Waals surface area contributed by atoms with Crippen molar-refractivity contribution in [1.29, 1.82) is 0 Å². The van der Waals surface area contributed by atoms with Crippen molar-refractivity contribution < 1.29 is 14.2 Å². The molecule has 0 amide bonds. The van der Waals surface area contributed by atoms with Crippen molar-refractivity contribution in [3.63, 3.8) is 0 Å². The Kier molecular flexibility index (Phi) is 3.36. The summed E-state index contributed by atoms with van der Waals surface area (Å²) in [6, 6.07) is 12.8. The van der Waals surface area contributed by atoms with Crippen LogP contribution in [0.4, 0.5) is 4.39 Å². The highest BCUT2D eigenvalue weighted by molar-refractivity contribution is 6.81. The molecule has 0 fully saturated rings. The first-order valence-corrected chi connectivity index (χ1v) is 6.37. The van der Waals surface area contributed by atoms with Crippen LogP contribution in [-0.4, -0.2) is 18.6 Å². The Morgan fingerprint density at radius 2 is 2.11 bits per heavy atom. The Hall–Kier alpha value is -1.65. The number of benzene rings is 2. The van der Waals surface area contributed by atoms with Crippen LogP contribution in [0.3, 0.4) is 0 Å². The van der Waals surface area contributed by atoms with Crippen LogP contribution >= 0.6 is 0 Å². The van der Waals surface area contributed by atoms with Crippen molar-refractivity contribution in [1.82, 2.24) is 0 Å². The van der Waals surface area contributed by atoms with Gasteiger partial charge in [0.05, 0.1) is 6.61 Å². The van der Waals surface area contributed by atoms with Crippen LogP contribution in [0.1, 0.15) is 11.1 Å². The third-order valence-corrected chi connectivity index (χ3v) is 3.45. The quantitative estimate of drug-likeness (QED) is 0.830. The van der Waals surface area contributed by atoms with Crippen LogP contribution < -0.4 is 10.9 Å². The molecule has 1 aliphatic rings. The number of rotatable bonds is 3. The monoisotopic (exact) mass is 256 g/mol. The summed E-state index contributed by atoms with van der Waals surface area (Å²) in [6.45, 7) is 0.452. The first-order valence-electron chi connectivity index (χ1n) is 6.37. The number of aliphatic hydroxyl groups is 1. The van der Waals surface area contributed by atoms with E-state index in [9.17, 15) is 4.39 Å². The molecule has 2 aromatic carbocycles. The highest BCUT2D eigenvalue weighted by Gasteiger charge is 2.30. The maximum atomic E-state index is 13.2. The molecule has 1 aliphatic heterocycles. The van der Waals surface area contributed by atoms with Gasteiger partial charge in [0, 0.05) is 6.61 Å². The van der Waals surface area contributed by atoms with Crippen LogP contribution in [0, 0.1) is 5.82 Å². The lowest BCUT2D eigenvalue weighted by Crippen LogP contribution is -2.41. The molecule has 0 saturated heterocycles. The lowest BCUT2D eigenvalue weighted by atomic mass is 9.55. The van der Waals surface area contributed by atoms with E-state index in [4.69, 9.17) is 9.76 Å². The molecule has 0 radical (unpaired) electrons. The average Bonchev–Trinajstić information content (AvgIpc) is 2.82. The molecule has 4 heteroatoms. The molecule has 2 nitrogen and oxygen atoms in total. The van der Waals surface area contributed by atoms with Crippen LogP contribution in [-0.2, 0) is 17.7 Å². The summed E-state index contributed by atoms with van der Waals surface area (Å²) in [7, 11) is 0. The smallest absolute Gasteiger partial charge is 0.362 e. The average molecular weight is 256 g/mol. The summed E-state index contributed by atoms with van der Waals surface area (Å²) in [5, 5.41) is 8.99. The van der Waals surface area contributed by atoms with Crippen molar-refractivity contribution in [2.45, 2.75) is 13.0 Å². The molecule has 1 heterocycles. The molecular weight excluding hydrogens is 242 g/mol. The van der Waals surface area contributed by atoms with Crippen molar-refractivity contribution in [2.24, 2.45) is 0 Å². The van der Waals surface area contributed by atoms with Crippen LogP contribution in [0.2, 0.25) is 0 Å². The molecule has 1 N–H and O–H groups in total. The standard InChI is InChI=1S/C15H14BFO2/c17-14-4-5-15-12(9-14)10-19-16(15)13-3-1-2-11(8-13)6-7-18/h1-5,8-9,18H,6-7,10H2. The summed E-state index contributed by atoms with van der Waals surface area (Å²) in [6.07, 6.45) is 0.636. The SMILES string of the molecule is OCCc1cccc(B2OCc3cc(F)ccc32)c1. The Morgan fingerprint density at radius 1 is 1.21 bits per heavy atom. The lowest BCUT2D eigenvalue weighted by Gasteiger charge is -2.09. The molecular formula is C15H14BFO2. The van der Waals surface area contributed by atoms with E-state index in [1.54, 1.807) is 6.07 Å². The zero-order valence-electron chi connectivity index (χ0n) is 10.5. The molecule has 2 aromatic rings. The fourth-order valence-corrected chi connectivity index (χ4v) is 2.53. The van der Waals surface area contributed by atoms with E-state index in [1.807, 2.05) is 24.3 Å². The lowest BCUT2D eigenvalue weighted by molar-refractivity contribution is 0.299. The van der Waals surface area contributed by atoms with Crippen molar-refractivity contribution in [2.75, 3.05) is 6.61 Å². The van der Waals surface area contributed by atoms with Crippen molar-refractivity contribution >= 4 is 17.8 Å². The van der Waals surface area contributed by atoms with E-state index in [0.29, 0.717) is 13.0 Å². The number of hydrogen-bond donors (Lipinski definition) is 1. The van der Waals surface area contributed by atoms with E-state index in [1.165, 1.54) is 12.1 Å². The van der Waals surface area contributed by atoms with Crippen molar-refractivity contribution in [3.05, 3.63) is 59.4 Å². The largest absolute Gasteiger partial charge is 0.423 e. The maximum Gasteiger partial charge on any atom is 0.362 e. The Bertz CT molecular complexity index is 600. The zero-order chi connectivity index (χ0) is 13.2. The predicted octanol–water partition coefficient (Wildman–Crippen LogP) is 0.996. The van der Waals surface area contributed by atoms with Gasteiger partial charge in [0.2, 0.25) is 0 Å². The molecule has 19 heavy (non-hydrogen) atoms. The van der Waals surface area contributed by atoms with Gasteiger partial charge in [-0.25, -0.2) is 4.39 Å². The fraction of sp³-hybridized carbons (Fsp3) is 0.200. The van der Waals surface area contributed by atoms with Gasteiger partial charge >= 0.3 is 6.92 Å². The van der Waals surface area contributed by atoms with E-state index in [-0.39, 0.29) is 19.3 Å². The summed E-state index contributed by atoms with van der Waals surface area (Å²) in [4.78, 5) is 0. The molecule has 3 rings (SSSR count). The van der Waals surface area contributed by atoms with Gasteiger partial charge < -0.3 is 9.76 Å². The topological polar surface area (TPSA) is 29.5 Å². The van der Waals surface area contributed by atoms with E-state index >= 15 is 0 Å². The van der Waals surface area contributed by atoms with Gasteiger partial charge in [-0.2, -0.15) is 0 Å². The first-order chi connectivity index (χ1) is 9.28. The van der Waals surface area contributed by atoms with E-state index in [2.05, 4.69) is 0 Å². The zero-order valence-corrected chi connectivity index (χ0v) is 10.5. The van der Waals surface area contributed by atoms with Gasteiger partial charge in [0.15, 0.2) is 0 Å². The van der Waals surface area contributed by atoms with Gasteiger partial charge in [-0.1, -0.05) is 30.3 Å². The second-order valence-corrected chi connectivity index (χ2v) is 4.75. The molecule has 0 atom stereocenters. The van der Waals surface area contributed by atoms with Crippen LogP contribution in [0.15, 0.2) is 42.5 Å². The van der Waals surface area contributed by atoms with Gasteiger partial charge in [-0.05, 0) is 40.6 Å². The van der Waals surface area contributed by atoms with E-state index in [0.717, 1.165) is 22.1 Å². The Balaban J connectivity index is 1.95. The van der Waals surface area contributed by atoms with Gasteiger partial charge in [0.25, 0.3) is 0 Å². The molecule has 0 aromatic heterocycles. The molecule has 0 unspecified atom stereocenters. The highest BCUT2D eigenvalue weighted by Crippen LogP contribution is 2.13. The molecule has 0 bridgehead atoms. The van der Waals surface area contributed by atoms with Crippen LogP contribution in [0.5, 0.6) is 0 Å². The number of hydrogen-bond acceptors (Lipinski definition) is 2. The maximum absolute atomic E-state index is 13.2. The molecule has 0 saturated carbocycles. The third-order valence-electron chi connectivity index (χ3n) is 3.45. The second-order valence-electron chi connectivity index (χ2n) is 4.75. The normalized spacial score (nSPS) is 13.7. The predicted molar refractivity (Wildman–Crippen MR) is 73.4 cm³/mol. The summed E-state index contributed by atoms with van der Waals surface area (Å²) in [5.41, 5.74) is 4.08. The summed E-state index contributed by atoms with van der Waals surface area (Å²) < 4.78 is 18.9. The van der Waals surface area contributed by atoms with Gasteiger partial charge in [-0.3, -0.25) is 0 Å². The van der Waals surface area contributed by atoms with Crippen LogP contribution in [0.25, 0.3) is 0 Å². The molecule has 96 valence electrons. The number of fused-ring (bicyclic) bond motifs is 1. The minimum Gasteiger partial charge on any atom is -0.423 e. The Labute approximate surface area is 112 Å². The second kappa shape index (κ2) is 5.15. The molecule has 0 spiro atoms. The highest BCUT2D eigenvalue weighted by atomic mass is 19.1. The first kappa shape index (κ1) is 12.4. The third kappa shape index (κ3) is 2.42. The number of aliphatic hydroxyl groups excluding tert-OH is 1. The van der Waals surface area contributed by atoms with Crippen molar-refractivity contribution in [3.8, 4) is 0 Å².